The van der Waals surface area contributed by atoms with Crippen LogP contribution in [0.1, 0.15) is 49.3 Å². The van der Waals surface area contributed by atoms with Gasteiger partial charge >= 0.3 is 5.97 Å². The SMILES string of the molecule is CCOC(=O)c1c(-c2ccc(Cl)cc2)[nH]c2c1C(=O)c1ccccc1C2=O. The molecule has 0 atom stereocenters. The van der Waals surface area contributed by atoms with Gasteiger partial charge in [0.05, 0.1) is 29.1 Å². The first kappa shape index (κ1) is 17.2. The fourth-order valence-corrected chi connectivity index (χ4v) is 3.41. The molecule has 0 unspecified atom stereocenters. The fraction of sp³-hybridized carbons (Fsp3) is 0.0952. The van der Waals surface area contributed by atoms with Crippen LogP contribution in [0.3, 0.4) is 0 Å². The van der Waals surface area contributed by atoms with Gasteiger partial charge < -0.3 is 9.72 Å². The number of hydrogen-bond donors (Lipinski definition) is 1. The van der Waals surface area contributed by atoms with Gasteiger partial charge in [-0.15, -0.1) is 0 Å². The Morgan fingerprint density at radius 1 is 0.963 bits per heavy atom. The van der Waals surface area contributed by atoms with E-state index < -0.39 is 5.97 Å². The molecule has 134 valence electrons. The van der Waals surface area contributed by atoms with E-state index >= 15 is 0 Å². The van der Waals surface area contributed by atoms with Crippen LogP contribution in [0.25, 0.3) is 11.3 Å². The first-order chi connectivity index (χ1) is 13.0. The second-order valence-corrected chi connectivity index (χ2v) is 6.49. The Bertz CT molecular complexity index is 1100. The molecule has 5 nitrogen and oxygen atoms in total. The van der Waals surface area contributed by atoms with Crippen molar-refractivity contribution in [1.29, 1.82) is 0 Å². The number of nitrogens with one attached hydrogen (secondary N) is 1. The van der Waals surface area contributed by atoms with Gasteiger partial charge in [-0.25, -0.2) is 4.79 Å². The minimum absolute atomic E-state index is 0.0575. The van der Waals surface area contributed by atoms with Crippen molar-refractivity contribution in [3.63, 3.8) is 0 Å². The Kier molecular flexibility index (Phi) is 4.16. The molecule has 1 aliphatic rings. The number of ether oxygens (including phenoxy) is 1. The molecule has 2 aromatic carbocycles. The van der Waals surface area contributed by atoms with Gasteiger partial charge in [-0.1, -0.05) is 48.0 Å². The van der Waals surface area contributed by atoms with Crippen molar-refractivity contribution in [2.45, 2.75) is 6.92 Å². The minimum atomic E-state index is -0.652. The molecule has 0 aliphatic heterocycles. The van der Waals surface area contributed by atoms with Gasteiger partial charge in [0.1, 0.15) is 0 Å². The van der Waals surface area contributed by atoms with Crippen LogP contribution >= 0.6 is 11.6 Å². The van der Waals surface area contributed by atoms with Crippen molar-refractivity contribution in [3.05, 3.63) is 81.5 Å². The number of rotatable bonds is 3. The second kappa shape index (κ2) is 6.52. The van der Waals surface area contributed by atoms with E-state index in [1.807, 2.05) is 0 Å². The number of carbonyl (C=O) groups excluding carboxylic acids is 3. The number of hydrogen-bond acceptors (Lipinski definition) is 4. The number of aromatic nitrogens is 1. The maximum atomic E-state index is 13.1. The first-order valence-corrected chi connectivity index (χ1v) is 8.78. The van der Waals surface area contributed by atoms with Crippen molar-refractivity contribution in [1.82, 2.24) is 4.98 Å². The molecule has 1 aliphatic carbocycles. The molecule has 1 aromatic heterocycles. The number of esters is 1. The highest BCUT2D eigenvalue weighted by Gasteiger charge is 2.37. The predicted octanol–water partition coefficient (Wildman–Crippen LogP) is 4.29. The van der Waals surface area contributed by atoms with E-state index in [2.05, 4.69) is 4.98 Å². The average molecular weight is 380 g/mol. The summed E-state index contributed by atoms with van der Waals surface area (Å²) in [5.74, 6) is -1.36. The van der Waals surface area contributed by atoms with Crippen LogP contribution < -0.4 is 0 Å². The van der Waals surface area contributed by atoms with Gasteiger partial charge in [-0.3, -0.25) is 9.59 Å². The number of benzene rings is 2. The summed E-state index contributed by atoms with van der Waals surface area (Å²) in [5.41, 5.74) is 1.82. The fourth-order valence-electron chi connectivity index (χ4n) is 3.29. The molecule has 0 spiro atoms. The van der Waals surface area contributed by atoms with Crippen LogP contribution in [0.15, 0.2) is 48.5 Å². The lowest BCUT2D eigenvalue weighted by atomic mass is 9.86. The van der Waals surface area contributed by atoms with E-state index in [4.69, 9.17) is 16.3 Å². The molecule has 0 saturated heterocycles. The standard InChI is InChI=1S/C21H14ClNO4/c1-2-27-21(26)16-15-18(23-17(16)11-7-9-12(22)10-8-11)20(25)14-6-4-3-5-13(14)19(15)24/h3-10,23H,2H2,1H3. The lowest BCUT2D eigenvalue weighted by Crippen LogP contribution is -2.22. The number of carbonyl (C=O) groups is 3. The summed E-state index contributed by atoms with van der Waals surface area (Å²) < 4.78 is 5.16. The molecule has 0 saturated carbocycles. The van der Waals surface area contributed by atoms with Crippen LogP contribution in [-0.4, -0.2) is 29.1 Å². The van der Waals surface area contributed by atoms with Gasteiger partial charge in [0.2, 0.25) is 5.78 Å². The summed E-state index contributed by atoms with van der Waals surface area (Å²) in [6, 6.07) is 13.3. The summed E-state index contributed by atoms with van der Waals surface area (Å²) in [6.45, 7) is 1.83. The molecule has 0 radical (unpaired) electrons. The highest BCUT2D eigenvalue weighted by molar-refractivity contribution is 6.31. The minimum Gasteiger partial charge on any atom is -0.462 e. The second-order valence-electron chi connectivity index (χ2n) is 6.06. The highest BCUT2D eigenvalue weighted by atomic mass is 35.5. The number of aromatic amines is 1. The van der Waals surface area contributed by atoms with Crippen molar-refractivity contribution in [3.8, 4) is 11.3 Å². The van der Waals surface area contributed by atoms with Crippen molar-refractivity contribution >= 4 is 29.1 Å². The molecule has 27 heavy (non-hydrogen) atoms. The zero-order chi connectivity index (χ0) is 19.1. The van der Waals surface area contributed by atoms with Crippen molar-refractivity contribution < 1.29 is 19.1 Å². The topological polar surface area (TPSA) is 76.2 Å². The first-order valence-electron chi connectivity index (χ1n) is 8.40. The molecule has 6 heteroatoms. The van der Waals surface area contributed by atoms with Gasteiger partial charge in [-0.2, -0.15) is 0 Å². The molecular formula is C21H14ClNO4. The third-order valence-electron chi connectivity index (χ3n) is 4.48. The van der Waals surface area contributed by atoms with Gasteiger partial charge in [0.25, 0.3) is 0 Å². The Morgan fingerprint density at radius 2 is 1.59 bits per heavy atom. The summed E-state index contributed by atoms with van der Waals surface area (Å²) in [6.07, 6.45) is 0. The van der Waals surface area contributed by atoms with Crippen molar-refractivity contribution in [2.75, 3.05) is 6.61 Å². The van der Waals surface area contributed by atoms with Gasteiger partial charge in [-0.05, 0) is 24.6 Å². The third-order valence-corrected chi connectivity index (χ3v) is 4.73. The smallest absolute Gasteiger partial charge is 0.341 e. The Morgan fingerprint density at radius 3 is 2.22 bits per heavy atom. The summed E-state index contributed by atoms with van der Waals surface area (Å²) in [5, 5.41) is 0.535. The summed E-state index contributed by atoms with van der Waals surface area (Å²) in [7, 11) is 0. The van der Waals surface area contributed by atoms with E-state index in [1.165, 1.54) is 0 Å². The normalized spacial score (nSPS) is 12.5. The van der Waals surface area contributed by atoms with E-state index in [9.17, 15) is 14.4 Å². The molecular weight excluding hydrogens is 366 g/mol. The largest absolute Gasteiger partial charge is 0.462 e. The van der Waals surface area contributed by atoms with Gasteiger partial charge in [0.15, 0.2) is 5.78 Å². The molecule has 1 heterocycles. The van der Waals surface area contributed by atoms with Crippen LogP contribution in [0.4, 0.5) is 0 Å². The predicted molar refractivity (Wildman–Crippen MR) is 101 cm³/mol. The maximum absolute atomic E-state index is 13.1. The molecule has 3 aromatic rings. The lowest BCUT2D eigenvalue weighted by molar-refractivity contribution is 0.0525. The van der Waals surface area contributed by atoms with Gasteiger partial charge in [0, 0.05) is 16.1 Å². The Balaban J connectivity index is 2.00. The Hall–Kier alpha value is -3.18. The summed E-state index contributed by atoms with van der Waals surface area (Å²) >= 11 is 5.95. The number of H-pyrrole nitrogens is 1. The zero-order valence-corrected chi connectivity index (χ0v) is 15.1. The number of halogens is 1. The van der Waals surface area contributed by atoms with Crippen LogP contribution in [0, 0.1) is 0 Å². The molecule has 0 bridgehead atoms. The maximum Gasteiger partial charge on any atom is 0.341 e. The monoisotopic (exact) mass is 379 g/mol. The van der Waals surface area contributed by atoms with Crippen LogP contribution in [0.2, 0.25) is 5.02 Å². The van der Waals surface area contributed by atoms with Crippen LogP contribution in [0.5, 0.6) is 0 Å². The third kappa shape index (κ3) is 2.67. The van der Waals surface area contributed by atoms with E-state index in [0.29, 0.717) is 21.8 Å². The van der Waals surface area contributed by atoms with E-state index in [-0.39, 0.29) is 40.6 Å². The summed E-state index contributed by atoms with van der Waals surface area (Å²) in [4.78, 5) is 41.7. The lowest BCUT2D eigenvalue weighted by Gasteiger charge is -2.14. The molecule has 0 fully saturated rings. The van der Waals surface area contributed by atoms with Crippen LogP contribution in [-0.2, 0) is 4.74 Å². The molecule has 4 rings (SSSR count). The highest BCUT2D eigenvalue weighted by Crippen LogP contribution is 2.36. The average Bonchev–Trinajstić information content (AvgIpc) is 3.08. The molecule has 0 amide bonds. The van der Waals surface area contributed by atoms with Crippen molar-refractivity contribution in [2.24, 2.45) is 0 Å². The number of fused-ring (bicyclic) bond motifs is 2. The molecule has 1 N–H and O–H groups in total. The number of ketones is 2. The van der Waals surface area contributed by atoms with E-state index in [0.717, 1.165) is 0 Å². The zero-order valence-electron chi connectivity index (χ0n) is 14.3. The quantitative estimate of drug-likeness (QED) is 0.539. The van der Waals surface area contributed by atoms with E-state index in [1.54, 1.807) is 55.5 Å². The Labute approximate surface area is 159 Å².